The predicted molar refractivity (Wildman–Crippen MR) is 52.4 cm³/mol. The van der Waals surface area contributed by atoms with Crippen molar-refractivity contribution in [1.82, 2.24) is 0 Å². The van der Waals surface area contributed by atoms with Crippen molar-refractivity contribution in [2.45, 2.75) is 0 Å². The zero-order valence-corrected chi connectivity index (χ0v) is 7.33. The van der Waals surface area contributed by atoms with E-state index in [0.29, 0.717) is 5.39 Å². The largest absolute Gasteiger partial charge is 0.366 e. The smallest absolute Gasteiger partial charge is 0.251 e. The summed E-state index contributed by atoms with van der Waals surface area (Å²) in [5.74, 6) is -1.29. The Bertz CT molecular complexity index is 508. The van der Waals surface area contributed by atoms with Crippen molar-refractivity contribution in [3.63, 3.8) is 0 Å². The number of halogens is 1. The van der Waals surface area contributed by atoms with Gasteiger partial charge >= 0.3 is 0 Å². The number of fused-ring (bicyclic) bond motifs is 1. The Balaban J connectivity index is 2.81. The summed E-state index contributed by atoms with van der Waals surface area (Å²) in [7, 11) is 0. The first-order chi connectivity index (χ1) is 6.70. The molecular formula is C11H8FNO. The highest BCUT2D eigenvalue weighted by molar-refractivity contribution is 5.98. The highest BCUT2D eigenvalue weighted by Gasteiger charge is 2.10. The van der Waals surface area contributed by atoms with Crippen molar-refractivity contribution in [2.24, 2.45) is 5.73 Å². The van der Waals surface area contributed by atoms with E-state index in [0.717, 1.165) is 5.39 Å². The van der Waals surface area contributed by atoms with E-state index in [-0.39, 0.29) is 5.56 Å². The van der Waals surface area contributed by atoms with Gasteiger partial charge < -0.3 is 5.73 Å². The number of hydrogen-bond acceptors (Lipinski definition) is 1. The normalized spacial score (nSPS) is 10.4. The van der Waals surface area contributed by atoms with Gasteiger partial charge in [-0.1, -0.05) is 30.3 Å². The molecule has 0 radical (unpaired) electrons. The molecule has 0 heterocycles. The topological polar surface area (TPSA) is 43.1 Å². The predicted octanol–water partition coefficient (Wildman–Crippen LogP) is 2.08. The van der Waals surface area contributed by atoms with Gasteiger partial charge in [0.05, 0.1) is 5.56 Å². The molecule has 2 rings (SSSR count). The number of hydrogen-bond donors (Lipinski definition) is 1. The number of nitrogens with two attached hydrogens (primary N) is 1. The second kappa shape index (κ2) is 3.10. The molecule has 2 aromatic rings. The highest BCUT2D eigenvalue weighted by Crippen LogP contribution is 2.20. The van der Waals surface area contributed by atoms with Crippen molar-refractivity contribution in [3.05, 3.63) is 47.8 Å². The summed E-state index contributed by atoms with van der Waals surface area (Å²) in [6.07, 6.45) is 0. The third-order valence-corrected chi connectivity index (χ3v) is 2.13. The standard InChI is InChI=1S/C11H8FNO/c12-10-8-4-2-1-3-7(8)5-6-9(10)11(13)14/h1-6H,(H2,13,14). The third kappa shape index (κ3) is 1.23. The van der Waals surface area contributed by atoms with E-state index < -0.39 is 11.7 Å². The van der Waals surface area contributed by atoms with Gasteiger partial charge in [0, 0.05) is 5.39 Å². The van der Waals surface area contributed by atoms with E-state index in [1.165, 1.54) is 6.07 Å². The molecule has 3 heteroatoms. The number of carbonyl (C=O) groups is 1. The van der Waals surface area contributed by atoms with Crippen LogP contribution in [0.25, 0.3) is 10.8 Å². The fourth-order valence-electron chi connectivity index (χ4n) is 1.42. The maximum absolute atomic E-state index is 13.6. The van der Waals surface area contributed by atoms with Gasteiger partial charge in [-0.05, 0) is 11.5 Å². The summed E-state index contributed by atoms with van der Waals surface area (Å²) in [5.41, 5.74) is 4.96. The summed E-state index contributed by atoms with van der Waals surface area (Å²) in [5, 5.41) is 1.18. The van der Waals surface area contributed by atoms with Crippen LogP contribution < -0.4 is 5.73 Å². The van der Waals surface area contributed by atoms with Gasteiger partial charge in [0.15, 0.2) is 0 Å². The lowest BCUT2D eigenvalue weighted by atomic mass is 10.1. The molecule has 2 nitrogen and oxygen atoms in total. The van der Waals surface area contributed by atoms with Crippen molar-refractivity contribution >= 4 is 16.7 Å². The lowest BCUT2D eigenvalue weighted by Crippen LogP contribution is -2.13. The average molecular weight is 189 g/mol. The fourth-order valence-corrected chi connectivity index (χ4v) is 1.42. The first kappa shape index (κ1) is 8.69. The average Bonchev–Trinajstić information content (AvgIpc) is 2.18. The zero-order valence-electron chi connectivity index (χ0n) is 7.33. The van der Waals surface area contributed by atoms with E-state index in [1.54, 1.807) is 24.3 Å². The minimum Gasteiger partial charge on any atom is -0.366 e. The fraction of sp³-hybridized carbons (Fsp3) is 0. The van der Waals surface area contributed by atoms with Crippen molar-refractivity contribution < 1.29 is 9.18 Å². The number of benzene rings is 2. The maximum Gasteiger partial charge on any atom is 0.251 e. The molecular weight excluding hydrogens is 181 g/mol. The van der Waals surface area contributed by atoms with Crippen LogP contribution in [0.3, 0.4) is 0 Å². The van der Waals surface area contributed by atoms with Crippen LogP contribution >= 0.6 is 0 Å². The van der Waals surface area contributed by atoms with Gasteiger partial charge in [-0.15, -0.1) is 0 Å². The number of carbonyl (C=O) groups excluding carboxylic acids is 1. The minimum absolute atomic E-state index is 0.0660. The Morgan fingerprint density at radius 2 is 1.86 bits per heavy atom. The summed E-state index contributed by atoms with van der Waals surface area (Å²) >= 11 is 0. The molecule has 0 fully saturated rings. The molecule has 0 saturated carbocycles. The molecule has 0 atom stereocenters. The summed E-state index contributed by atoms with van der Waals surface area (Å²) < 4.78 is 13.6. The molecule has 14 heavy (non-hydrogen) atoms. The van der Waals surface area contributed by atoms with Gasteiger partial charge in [0.1, 0.15) is 5.82 Å². The van der Waals surface area contributed by atoms with Crippen molar-refractivity contribution in [2.75, 3.05) is 0 Å². The molecule has 0 bridgehead atoms. The van der Waals surface area contributed by atoms with E-state index in [2.05, 4.69) is 0 Å². The van der Waals surface area contributed by atoms with Crippen LogP contribution in [0.15, 0.2) is 36.4 Å². The van der Waals surface area contributed by atoms with E-state index in [9.17, 15) is 9.18 Å². The lowest BCUT2D eigenvalue weighted by molar-refractivity contribution is 0.0997. The van der Waals surface area contributed by atoms with Crippen LogP contribution in [0.2, 0.25) is 0 Å². The molecule has 0 aliphatic rings. The molecule has 0 saturated heterocycles. The van der Waals surface area contributed by atoms with Crippen LogP contribution in [0.5, 0.6) is 0 Å². The minimum atomic E-state index is -0.742. The van der Waals surface area contributed by atoms with Gasteiger partial charge in [-0.2, -0.15) is 0 Å². The van der Waals surface area contributed by atoms with Gasteiger partial charge in [0.2, 0.25) is 0 Å². The Kier molecular flexibility index (Phi) is 1.93. The van der Waals surface area contributed by atoms with Crippen LogP contribution in [0, 0.1) is 5.82 Å². The van der Waals surface area contributed by atoms with Crippen LogP contribution in [0.4, 0.5) is 4.39 Å². The molecule has 0 unspecified atom stereocenters. The molecule has 0 aromatic heterocycles. The summed E-state index contributed by atoms with van der Waals surface area (Å²) in [6, 6.07) is 10.0. The molecule has 70 valence electrons. The third-order valence-electron chi connectivity index (χ3n) is 2.13. The lowest BCUT2D eigenvalue weighted by Gasteiger charge is -2.02. The van der Waals surface area contributed by atoms with Gasteiger partial charge in [-0.25, -0.2) is 4.39 Å². The number of primary amides is 1. The summed E-state index contributed by atoms with van der Waals surface area (Å²) in [4.78, 5) is 10.8. The van der Waals surface area contributed by atoms with Crippen molar-refractivity contribution in [1.29, 1.82) is 0 Å². The molecule has 0 aliphatic heterocycles. The van der Waals surface area contributed by atoms with E-state index >= 15 is 0 Å². The Hall–Kier alpha value is -1.90. The van der Waals surface area contributed by atoms with Crippen LogP contribution in [0.1, 0.15) is 10.4 Å². The highest BCUT2D eigenvalue weighted by atomic mass is 19.1. The molecule has 0 spiro atoms. The summed E-state index contributed by atoms with van der Waals surface area (Å²) in [6.45, 7) is 0. The zero-order chi connectivity index (χ0) is 10.1. The Morgan fingerprint density at radius 1 is 1.14 bits per heavy atom. The maximum atomic E-state index is 13.6. The van der Waals surface area contributed by atoms with Crippen molar-refractivity contribution in [3.8, 4) is 0 Å². The van der Waals surface area contributed by atoms with E-state index in [4.69, 9.17) is 5.73 Å². The van der Waals surface area contributed by atoms with Crippen LogP contribution in [-0.2, 0) is 0 Å². The number of amides is 1. The van der Waals surface area contributed by atoms with Gasteiger partial charge in [0.25, 0.3) is 5.91 Å². The molecule has 0 aliphatic carbocycles. The first-order valence-electron chi connectivity index (χ1n) is 4.17. The van der Waals surface area contributed by atoms with Gasteiger partial charge in [-0.3, -0.25) is 4.79 Å². The quantitative estimate of drug-likeness (QED) is 0.733. The molecule has 2 aromatic carbocycles. The Labute approximate surface area is 80.1 Å². The monoisotopic (exact) mass is 189 g/mol. The van der Waals surface area contributed by atoms with Crippen LogP contribution in [-0.4, -0.2) is 5.91 Å². The SMILES string of the molecule is NC(=O)c1ccc2ccccc2c1F. The molecule has 2 N–H and O–H groups in total. The second-order valence-electron chi connectivity index (χ2n) is 3.01. The van der Waals surface area contributed by atoms with E-state index in [1.807, 2.05) is 6.07 Å². The molecule has 1 amide bonds. The number of rotatable bonds is 1. The first-order valence-corrected chi connectivity index (χ1v) is 4.17. The second-order valence-corrected chi connectivity index (χ2v) is 3.01. The Morgan fingerprint density at radius 3 is 2.57 bits per heavy atom.